The average molecular weight is 232 g/mol. The van der Waals surface area contributed by atoms with Crippen molar-refractivity contribution in [2.24, 2.45) is 7.05 Å². The van der Waals surface area contributed by atoms with E-state index in [1.165, 1.54) is 11.3 Å². The molecule has 0 fully saturated rings. The van der Waals surface area contributed by atoms with Crippen LogP contribution in [0.15, 0.2) is 30.7 Å². The fourth-order valence-corrected chi connectivity index (χ4v) is 1.93. The van der Waals surface area contributed by atoms with Crippen molar-refractivity contribution in [1.29, 1.82) is 0 Å². The van der Waals surface area contributed by atoms with Crippen molar-refractivity contribution in [2.75, 3.05) is 6.54 Å². The maximum Gasteiger partial charge on any atom is 0.0522 e. The predicted molar refractivity (Wildman–Crippen MR) is 68.7 cm³/mol. The van der Waals surface area contributed by atoms with Crippen molar-refractivity contribution in [3.63, 3.8) is 0 Å². The summed E-state index contributed by atoms with van der Waals surface area (Å²) in [4.78, 5) is 0. The third-order valence-corrected chi connectivity index (χ3v) is 2.88. The Kier molecular flexibility index (Phi) is 3.98. The summed E-state index contributed by atoms with van der Waals surface area (Å²) in [5.41, 5.74) is 2.63. The smallest absolute Gasteiger partial charge is 0.0522 e. The van der Waals surface area contributed by atoms with Crippen molar-refractivity contribution in [3.8, 4) is 0 Å². The lowest BCUT2D eigenvalue weighted by molar-refractivity contribution is 0.620. The van der Waals surface area contributed by atoms with Crippen LogP contribution in [-0.2, 0) is 26.6 Å². The standard InChI is InChI=1S/C13H20N4/c1-3-14-10-13-5-4-7-17(13)8-6-12-9-15-16(2)11-12/h4-5,7,9,11,14H,3,6,8,10H2,1-2H3. The van der Waals surface area contributed by atoms with Crippen LogP contribution in [0.25, 0.3) is 0 Å². The first kappa shape index (κ1) is 11.9. The Morgan fingerprint density at radius 2 is 2.29 bits per heavy atom. The number of nitrogens with zero attached hydrogens (tertiary/aromatic N) is 3. The van der Waals surface area contributed by atoms with Gasteiger partial charge < -0.3 is 9.88 Å². The molecule has 0 unspecified atom stereocenters. The van der Waals surface area contributed by atoms with Crippen molar-refractivity contribution in [1.82, 2.24) is 19.7 Å². The second-order valence-corrected chi connectivity index (χ2v) is 4.25. The quantitative estimate of drug-likeness (QED) is 0.820. The number of hydrogen-bond acceptors (Lipinski definition) is 2. The zero-order valence-electron chi connectivity index (χ0n) is 10.6. The first-order valence-electron chi connectivity index (χ1n) is 6.12. The van der Waals surface area contributed by atoms with Gasteiger partial charge in [0.2, 0.25) is 0 Å². The van der Waals surface area contributed by atoms with Gasteiger partial charge in [-0.05, 0) is 30.7 Å². The van der Waals surface area contributed by atoms with Gasteiger partial charge in [-0.15, -0.1) is 0 Å². The molecule has 2 aromatic rings. The van der Waals surface area contributed by atoms with E-state index >= 15 is 0 Å². The second-order valence-electron chi connectivity index (χ2n) is 4.25. The summed E-state index contributed by atoms with van der Waals surface area (Å²) >= 11 is 0. The van der Waals surface area contributed by atoms with E-state index in [-0.39, 0.29) is 0 Å². The van der Waals surface area contributed by atoms with Crippen molar-refractivity contribution in [3.05, 3.63) is 42.0 Å². The average Bonchev–Trinajstić information content (AvgIpc) is 2.92. The van der Waals surface area contributed by atoms with Gasteiger partial charge in [0.15, 0.2) is 0 Å². The van der Waals surface area contributed by atoms with Crippen LogP contribution in [0.2, 0.25) is 0 Å². The highest BCUT2D eigenvalue weighted by Gasteiger charge is 2.01. The Labute approximate surface area is 102 Å². The highest BCUT2D eigenvalue weighted by atomic mass is 15.2. The Morgan fingerprint density at radius 3 is 3.00 bits per heavy atom. The molecule has 0 bridgehead atoms. The molecule has 0 aromatic carbocycles. The third-order valence-electron chi connectivity index (χ3n) is 2.88. The summed E-state index contributed by atoms with van der Waals surface area (Å²) in [5, 5.41) is 7.54. The van der Waals surface area contributed by atoms with Crippen LogP contribution in [0.3, 0.4) is 0 Å². The van der Waals surface area contributed by atoms with Gasteiger partial charge in [0.05, 0.1) is 6.20 Å². The van der Waals surface area contributed by atoms with Gasteiger partial charge in [0, 0.05) is 38.2 Å². The largest absolute Gasteiger partial charge is 0.350 e. The molecular formula is C13H20N4. The summed E-state index contributed by atoms with van der Waals surface area (Å²) in [6, 6.07) is 4.28. The molecule has 2 heterocycles. The maximum atomic E-state index is 4.18. The van der Waals surface area contributed by atoms with Crippen LogP contribution in [0.4, 0.5) is 0 Å². The molecule has 0 spiro atoms. The minimum atomic E-state index is 0.941. The number of aryl methyl sites for hydroxylation is 3. The molecule has 0 aliphatic rings. The molecule has 2 rings (SSSR count). The lowest BCUT2D eigenvalue weighted by Gasteiger charge is -2.08. The van der Waals surface area contributed by atoms with E-state index in [1.54, 1.807) is 0 Å². The molecule has 0 radical (unpaired) electrons. The predicted octanol–water partition coefficient (Wildman–Crippen LogP) is 1.57. The minimum absolute atomic E-state index is 0.941. The van der Waals surface area contributed by atoms with E-state index < -0.39 is 0 Å². The molecule has 0 atom stereocenters. The SMILES string of the molecule is CCNCc1cccn1CCc1cnn(C)c1. The lowest BCUT2D eigenvalue weighted by atomic mass is 10.2. The topological polar surface area (TPSA) is 34.8 Å². The van der Waals surface area contributed by atoms with E-state index in [1.807, 2.05) is 17.9 Å². The van der Waals surface area contributed by atoms with Gasteiger partial charge in [-0.1, -0.05) is 6.92 Å². The summed E-state index contributed by atoms with van der Waals surface area (Å²) in [6.07, 6.45) is 7.19. The Morgan fingerprint density at radius 1 is 1.41 bits per heavy atom. The van der Waals surface area contributed by atoms with Crippen LogP contribution in [0.1, 0.15) is 18.2 Å². The Hall–Kier alpha value is -1.55. The molecule has 0 saturated heterocycles. The number of rotatable bonds is 6. The monoisotopic (exact) mass is 232 g/mol. The third kappa shape index (κ3) is 3.20. The first-order valence-corrected chi connectivity index (χ1v) is 6.12. The van der Waals surface area contributed by atoms with Gasteiger partial charge in [0.25, 0.3) is 0 Å². The zero-order chi connectivity index (χ0) is 12.1. The van der Waals surface area contributed by atoms with Gasteiger partial charge in [-0.2, -0.15) is 5.10 Å². The number of aromatic nitrogens is 3. The molecule has 17 heavy (non-hydrogen) atoms. The van der Waals surface area contributed by atoms with Crippen LogP contribution in [0, 0.1) is 0 Å². The van der Waals surface area contributed by atoms with E-state index in [4.69, 9.17) is 0 Å². The first-order chi connectivity index (χ1) is 8.29. The van der Waals surface area contributed by atoms with Crippen molar-refractivity contribution in [2.45, 2.75) is 26.4 Å². The van der Waals surface area contributed by atoms with Crippen LogP contribution < -0.4 is 5.32 Å². The summed E-state index contributed by atoms with van der Waals surface area (Å²) in [6.45, 7) is 5.09. The molecule has 1 N–H and O–H groups in total. The van der Waals surface area contributed by atoms with E-state index in [9.17, 15) is 0 Å². The van der Waals surface area contributed by atoms with Gasteiger partial charge in [-0.25, -0.2) is 0 Å². The molecule has 0 saturated carbocycles. The van der Waals surface area contributed by atoms with Crippen molar-refractivity contribution >= 4 is 0 Å². The van der Waals surface area contributed by atoms with E-state index in [0.717, 1.165) is 26.1 Å². The highest BCUT2D eigenvalue weighted by Crippen LogP contribution is 2.05. The molecule has 0 aliphatic heterocycles. The summed E-state index contributed by atoms with van der Waals surface area (Å²) in [5.74, 6) is 0. The second kappa shape index (κ2) is 5.68. The van der Waals surface area contributed by atoms with Crippen LogP contribution in [-0.4, -0.2) is 20.9 Å². The van der Waals surface area contributed by atoms with Gasteiger partial charge in [-0.3, -0.25) is 4.68 Å². The molecule has 4 heteroatoms. The Balaban J connectivity index is 1.92. The fraction of sp³-hybridized carbons (Fsp3) is 0.462. The van der Waals surface area contributed by atoms with E-state index in [0.29, 0.717) is 0 Å². The molecule has 4 nitrogen and oxygen atoms in total. The summed E-state index contributed by atoms with van der Waals surface area (Å²) < 4.78 is 4.15. The fourth-order valence-electron chi connectivity index (χ4n) is 1.93. The molecule has 0 amide bonds. The molecular weight excluding hydrogens is 212 g/mol. The zero-order valence-corrected chi connectivity index (χ0v) is 10.6. The van der Waals surface area contributed by atoms with Gasteiger partial charge >= 0.3 is 0 Å². The lowest BCUT2D eigenvalue weighted by Crippen LogP contribution is -2.15. The van der Waals surface area contributed by atoms with Gasteiger partial charge in [0.1, 0.15) is 0 Å². The Bertz CT molecular complexity index is 455. The van der Waals surface area contributed by atoms with Crippen LogP contribution >= 0.6 is 0 Å². The molecule has 0 aliphatic carbocycles. The molecule has 2 aromatic heterocycles. The van der Waals surface area contributed by atoms with E-state index in [2.05, 4.69) is 46.4 Å². The minimum Gasteiger partial charge on any atom is -0.350 e. The highest BCUT2D eigenvalue weighted by molar-refractivity contribution is 5.09. The molecule has 92 valence electrons. The van der Waals surface area contributed by atoms with Crippen LogP contribution in [0.5, 0.6) is 0 Å². The number of nitrogens with one attached hydrogen (secondary N) is 1. The maximum absolute atomic E-state index is 4.18. The summed E-state index contributed by atoms with van der Waals surface area (Å²) in [7, 11) is 1.95. The normalized spacial score (nSPS) is 10.9. The number of hydrogen-bond donors (Lipinski definition) is 1. The van der Waals surface area contributed by atoms with Crippen molar-refractivity contribution < 1.29 is 0 Å².